The van der Waals surface area contributed by atoms with Crippen molar-refractivity contribution in [3.63, 3.8) is 0 Å². The van der Waals surface area contributed by atoms with Crippen LogP contribution in [0.1, 0.15) is 11.3 Å². The number of ether oxygens (including phenoxy) is 1. The maximum atomic E-state index is 5.89. The molecule has 100 valence electrons. The highest BCUT2D eigenvalue weighted by molar-refractivity contribution is 5.74. The van der Waals surface area contributed by atoms with Gasteiger partial charge in [0.2, 0.25) is 5.88 Å². The minimum atomic E-state index is 0.511. The first-order valence-electron chi connectivity index (χ1n) is 6.41. The lowest BCUT2D eigenvalue weighted by molar-refractivity contribution is 0.455. The molecule has 0 aliphatic heterocycles. The van der Waals surface area contributed by atoms with Crippen LogP contribution >= 0.6 is 0 Å². The molecule has 0 spiro atoms. The molecule has 0 aliphatic carbocycles. The number of hydrogen-bond donors (Lipinski definition) is 1. The highest BCUT2D eigenvalue weighted by atomic mass is 16.5. The fourth-order valence-corrected chi connectivity index (χ4v) is 2.01. The molecule has 1 aromatic heterocycles. The minimum absolute atomic E-state index is 0.511. The molecule has 4 nitrogen and oxygen atoms in total. The Morgan fingerprint density at radius 2 is 1.60 bits per heavy atom. The first kappa shape index (κ1) is 12.4. The van der Waals surface area contributed by atoms with Crippen molar-refractivity contribution >= 4 is 16.7 Å². The van der Waals surface area contributed by atoms with Crippen molar-refractivity contribution in [1.29, 1.82) is 0 Å². The molecular formula is C16H15N3O. The number of nitrogens with zero attached hydrogens (tertiary/aromatic N) is 2. The topological polar surface area (TPSA) is 61.0 Å². The van der Waals surface area contributed by atoms with E-state index in [1.165, 1.54) is 0 Å². The van der Waals surface area contributed by atoms with Crippen LogP contribution in [0.2, 0.25) is 0 Å². The van der Waals surface area contributed by atoms with Gasteiger partial charge < -0.3 is 10.5 Å². The maximum Gasteiger partial charge on any atom is 0.241 e. The Balaban J connectivity index is 2.06. The molecule has 3 aromatic rings. The lowest BCUT2D eigenvalue weighted by Gasteiger charge is -2.11. The third kappa shape index (κ3) is 2.16. The summed E-state index contributed by atoms with van der Waals surface area (Å²) in [5, 5.41) is 0. The van der Waals surface area contributed by atoms with Crippen molar-refractivity contribution in [1.82, 2.24) is 9.97 Å². The number of fused-ring (bicyclic) bond motifs is 1. The molecule has 0 saturated carbocycles. The van der Waals surface area contributed by atoms with Gasteiger partial charge in [0.15, 0.2) is 0 Å². The maximum absolute atomic E-state index is 5.89. The molecule has 0 radical (unpaired) electrons. The van der Waals surface area contributed by atoms with Gasteiger partial charge in [0, 0.05) is 11.3 Å². The number of nitrogens with two attached hydrogens (primary N) is 1. The molecule has 4 heteroatoms. The van der Waals surface area contributed by atoms with Crippen LogP contribution in [0.4, 0.5) is 5.69 Å². The Hall–Kier alpha value is -2.62. The molecule has 20 heavy (non-hydrogen) atoms. The molecule has 3 rings (SSSR count). The van der Waals surface area contributed by atoms with Crippen molar-refractivity contribution in [3.8, 4) is 11.6 Å². The Kier molecular flexibility index (Phi) is 2.99. The van der Waals surface area contributed by atoms with Crippen molar-refractivity contribution in [2.45, 2.75) is 13.8 Å². The van der Waals surface area contributed by atoms with Gasteiger partial charge in [-0.3, -0.25) is 0 Å². The van der Waals surface area contributed by atoms with E-state index in [0.717, 1.165) is 22.3 Å². The van der Waals surface area contributed by atoms with Gasteiger partial charge >= 0.3 is 0 Å². The number of para-hydroxylation sites is 2. The van der Waals surface area contributed by atoms with Gasteiger partial charge in [-0.1, -0.05) is 18.2 Å². The Morgan fingerprint density at radius 3 is 2.35 bits per heavy atom. The highest BCUT2D eigenvalue weighted by Crippen LogP contribution is 2.29. The summed E-state index contributed by atoms with van der Waals surface area (Å²) >= 11 is 0. The fourth-order valence-electron chi connectivity index (χ4n) is 2.01. The van der Waals surface area contributed by atoms with Crippen molar-refractivity contribution < 1.29 is 4.74 Å². The van der Waals surface area contributed by atoms with Gasteiger partial charge in [-0.15, -0.1) is 0 Å². The molecule has 0 atom stereocenters. The van der Waals surface area contributed by atoms with Gasteiger partial charge in [0.1, 0.15) is 11.4 Å². The van der Waals surface area contributed by atoms with Crippen LogP contribution in [-0.2, 0) is 0 Å². The highest BCUT2D eigenvalue weighted by Gasteiger charge is 2.09. The molecule has 0 amide bonds. The number of aromatic nitrogens is 2. The monoisotopic (exact) mass is 265 g/mol. The molecule has 1 heterocycles. The number of aryl methyl sites for hydroxylation is 1. The SMILES string of the molecule is Cc1nc2ccccc2nc1Oc1cccc(N)c1C. The van der Waals surface area contributed by atoms with E-state index >= 15 is 0 Å². The summed E-state index contributed by atoms with van der Waals surface area (Å²) in [6.45, 7) is 3.81. The molecule has 0 bridgehead atoms. The van der Waals surface area contributed by atoms with Crippen molar-refractivity contribution in [2.75, 3.05) is 5.73 Å². The second-order valence-electron chi connectivity index (χ2n) is 4.68. The first-order valence-corrected chi connectivity index (χ1v) is 6.41. The summed E-state index contributed by atoms with van der Waals surface area (Å²) in [7, 11) is 0. The van der Waals surface area contributed by atoms with Crippen molar-refractivity contribution in [2.24, 2.45) is 0 Å². The van der Waals surface area contributed by atoms with Crippen LogP contribution in [0, 0.1) is 13.8 Å². The minimum Gasteiger partial charge on any atom is -0.437 e. The summed E-state index contributed by atoms with van der Waals surface area (Å²) in [6, 6.07) is 13.3. The van der Waals surface area contributed by atoms with Crippen LogP contribution in [-0.4, -0.2) is 9.97 Å². The molecule has 0 fully saturated rings. The van der Waals surface area contributed by atoms with E-state index in [9.17, 15) is 0 Å². The molecule has 2 aromatic carbocycles. The number of anilines is 1. The van der Waals surface area contributed by atoms with E-state index in [4.69, 9.17) is 10.5 Å². The smallest absolute Gasteiger partial charge is 0.241 e. The molecule has 0 saturated heterocycles. The third-order valence-corrected chi connectivity index (χ3v) is 3.23. The molecular weight excluding hydrogens is 250 g/mol. The Labute approximate surface area is 117 Å². The zero-order valence-corrected chi connectivity index (χ0v) is 11.4. The quantitative estimate of drug-likeness (QED) is 0.719. The van der Waals surface area contributed by atoms with Crippen LogP contribution in [0.3, 0.4) is 0 Å². The number of hydrogen-bond acceptors (Lipinski definition) is 4. The number of rotatable bonds is 2. The van der Waals surface area contributed by atoms with E-state index in [0.29, 0.717) is 17.3 Å². The number of nitrogen functional groups attached to an aromatic ring is 1. The lowest BCUT2D eigenvalue weighted by Crippen LogP contribution is -1.98. The summed E-state index contributed by atoms with van der Waals surface area (Å²) in [6.07, 6.45) is 0. The summed E-state index contributed by atoms with van der Waals surface area (Å²) < 4.78 is 5.88. The second-order valence-corrected chi connectivity index (χ2v) is 4.68. The largest absolute Gasteiger partial charge is 0.437 e. The lowest BCUT2D eigenvalue weighted by atomic mass is 10.2. The normalized spacial score (nSPS) is 10.7. The van der Waals surface area contributed by atoms with E-state index < -0.39 is 0 Å². The molecule has 0 unspecified atom stereocenters. The van der Waals surface area contributed by atoms with E-state index in [1.54, 1.807) is 0 Å². The fraction of sp³-hybridized carbons (Fsp3) is 0.125. The zero-order valence-electron chi connectivity index (χ0n) is 11.4. The molecule has 0 aliphatic rings. The van der Waals surface area contributed by atoms with Crippen molar-refractivity contribution in [3.05, 3.63) is 53.7 Å². The van der Waals surface area contributed by atoms with Gasteiger partial charge in [-0.2, -0.15) is 0 Å². The van der Waals surface area contributed by atoms with E-state index in [1.807, 2.05) is 56.3 Å². The summed E-state index contributed by atoms with van der Waals surface area (Å²) in [4.78, 5) is 9.02. The van der Waals surface area contributed by atoms with Crippen LogP contribution in [0.15, 0.2) is 42.5 Å². The average Bonchev–Trinajstić information content (AvgIpc) is 2.44. The van der Waals surface area contributed by atoms with Crippen LogP contribution in [0.25, 0.3) is 11.0 Å². The van der Waals surface area contributed by atoms with E-state index in [-0.39, 0.29) is 0 Å². The van der Waals surface area contributed by atoms with Crippen LogP contribution in [0.5, 0.6) is 11.6 Å². The van der Waals surface area contributed by atoms with Gasteiger partial charge in [-0.25, -0.2) is 9.97 Å². The first-order chi connectivity index (χ1) is 9.65. The van der Waals surface area contributed by atoms with E-state index in [2.05, 4.69) is 9.97 Å². The summed E-state index contributed by atoms with van der Waals surface area (Å²) in [5.41, 5.74) is 9.93. The standard InChI is InChI=1S/C16H15N3O/c1-10-12(17)6-5-9-15(10)20-16-11(2)18-13-7-3-4-8-14(13)19-16/h3-9H,17H2,1-2H3. The number of benzene rings is 2. The second kappa shape index (κ2) is 4.81. The third-order valence-electron chi connectivity index (χ3n) is 3.23. The van der Waals surface area contributed by atoms with Gasteiger partial charge in [0.05, 0.1) is 11.0 Å². The summed E-state index contributed by atoms with van der Waals surface area (Å²) in [5.74, 6) is 1.22. The molecule has 2 N–H and O–H groups in total. The average molecular weight is 265 g/mol. The zero-order chi connectivity index (χ0) is 14.1. The Bertz CT molecular complexity index is 784. The Morgan fingerprint density at radius 1 is 0.900 bits per heavy atom. The van der Waals surface area contributed by atoms with Gasteiger partial charge in [-0.05, 0) is 38.1 Å². The van der Waals surface area contributed by atoms with Crippen LogP contribution < -0.4 is 10.5 Å². The van der Waals surface area contributed by atoms with Gasteiger partial charge in [0.25, 0.3) is 0 Å². The predicted octanol–water partition coefficient (Wildman–Crippen LogP) is 3.62. The predicted molar refractivity (Wildman–Crippen MR) is 79.9 cm³/mol.